The first-order valence-electron chi connectivity index (χ1n) is 7.44. The van der Waals surface area contributed by atoms with Crippen molar-refractivity contribution in [1.82, 2.24) is 14.5 Å². The Bertz CT molecular complexity index is 587. The van der Waals surface area contributed by atoms with Crippen molar-refractivity contribution in [2.24, 2.45) is 0 Å². The van der Waals surface area contributed by atoms with E-state index < -0.39 is 0 Å². The first-order valence-corrected chi connectivity index (χ1v) is 7.44. The van der Waals surface area contributed by atoms with Crippen LogP contribution in [0.3, 0.4) is 0 Å². The molecule has 2 N–H and O–H groups in total. The molecule has 0 aliphatic heterocycles. The van der Waals surface area contributed by atoms with Gasteiger partial charge in [0.1, 0.15) is 17.3 Å². The van der Waals surface area contributed by atoms with E-state index in [1.54, 1.807) is 13.3 Å². The summed E-state index contributed by atoms with van der Waals surface area (Å²) >= 11 is 0. The van der Waals surface area contributed by atoms with Crippen molar-refractivity contribution in [1.29, 1.82) is 0 Å². The van der Waals surface area contributed by atoms with E-state index in [2.05, 4.69) is 30.3 Å². The number of imidazole rings is 1. The van der Waals surface area contributed by atoms with Crippen LogP contribution in [-0.4, -0.2) is 21.6 Å². The Morgan fingerprint density at radius 1 is 1.33 bits per heavy atom. The standard InChI is InChI=1S/C16H24N4O/c1-5-6-9-20-15(17)14(19-16(20)11(2)3)12-7-8-13(21-4)18-10-12/h7-8,10-11H,5-6,9,17H2,1-4H3. The van der Waals surface area contributed by atoms with Gasteiger partial charge in [-0.3, -0.25) is 0 Å². The van der Waals surface area contributed by atoms with Crippen LogP contribution in [-0.2, 0) is 6.54 Å². The van der Waals surface area contributed by atoms with Crippen molar-refractivity contribution < 1.29 is 4.74 Å². The lowest BCUT2D eigenvalue weighted by Gasteiger charge is -2.11. The summed E-state index contributed by atoms with van der Waals surface area (Å²) in [5.41, 5.74) is 8.06. The molecule has 21 heavy (non-hydrogen) atoms. The molecule has 114 valence electrons. The van der Waals surface area contributed by atoms with Gasteiger partial charge in [0.15, 0.2) is 0 Å². The van der Waals surface area contributed by atoms with Gasteiger partial charge in [0.2, 0.25) is 5.88 Å². The number of unbranched alkanes of at least 4 members (excludes halogenated alkanes) is 1. The van der Waals surface area contributed by atoms with E-state index >= 15 is 0 Å². The predicted molar refractivity (Wildman–Crippen MR) is 85.4 cm³/mol. The number of rotatable bonds is 6. The van der Waals surface area contributed by atoms with Gasteiger partial charge >= 0.3 is 0 Å². The van der Waals surface area contributed by atoms with Gasteiger partial charge in [-0.05, 0) is 12.5 Å². The van der Waals surface area contributed by atoms with Crippen LogP contribution in [0.5, 0.6) is 5.88 Å². The van der Waals surface area contributed by atoms with Crippen LogP contribution in [0.15, 0.2) is 18.3 Å². The van der Waals surface area contributed by atoms with Crippen LogP contribution in [0, 0.1) is 0 Å². The van der Waals surface area contributed by atoms with E-state index in [4.69, 9.17) is 15.5 Å². The molecule has 0 spiro atoms. The lowest BCUT2D eigenvalue weighted by atomic mass is 10.2. The summed E-state index contributed by atoms with van der Waals surface area (Å²) in [5, 5.41) is 0. The average molecular weight is 288 g/mol. The van der Waals surface area contributed by atoms with Gasteiger partial charge in [-0.2, -0.15) is 0 Å². The van der Waals surface area contributed by atoms with Gasteiger partial charge in [0, 0.05) is 30.3 Å². The third-order valence-electron chi connectivity index (χ3n) is 3.51. The van der Waals surface area contributed by atoms with Crippen LogP contribution in [0.1, 0.15) is 45.4 Å². The Labute approximate surface area is 126 Å². The molecule has 0 bridgehead atoms. The molecular weight excluding hydrogens is 264 g/mol. The Kier molecular flexibility index (Phi) is 4.83. The summed E-state index contributed by atoms with van der Waals surface area (Å²) in [5.74, 6) is 2.68. The van der Waals surface area contributed by atoms with Crippen molar-refractivity contribution >= 4 is 5.82 Å². The molecule has 2 rings (SSSR count). The minimum atomic E-state index is 0.337. The second-order valence-electron chi connectivity index (χ2n) is 5.45. The zero-order chi connectivity index (χ0) is 15.4. The number of nitrogen functional groups attached to an aromatic ring is 1. The molecule has 0 aliphatic carbocycles. The number of ether oxygens (including phenoxy) is 1. The maximum absolute atomic E-state index is 6.33. The number of hydrogen-bond donors (Lipinski definition) is 1. The molecule has 5 heteroatoms. The highest BCUT2D eigenvalue weighted by Gasteiger charge is 2.18. The lowest BCUT2D eigenvalue weighted by molar-refractivity contribution is 0.398. The van der Waals surface area contributed by atoms with Crippen LogP contribution in [0.4, 0.5) is 5.82 Å². The first kappa shape index (κ1) is 15.4. The monoisotopic (exact) mass is 288 g/mol. The Morgan fingerprint density at radius 3 is 2.62 bits per heavy atom. The number of hydrogen-bond acceptors (Lipinski definition) is 4. The summed E-state index contributed by atoms with van der Waals surface area (Å²) in [4.78, 5) is 8.98. The number of methoxy groups -OCH3 is 1. The van der Waals surface area contributed by atoms with E-state index in [1.165, 1.54) is 0 Å². The van der Waals surface area contributed by atoms with E-state index in [0.29, 0.717) is 11.8 Å². The van der Waals surface area contributed by atoms with Crippen molar-refractivity contribution in [2.75, 3.05) is 12.8 Å². The molecule has 0 saturated carbocycles. The van der Waals surface area contributed by atoms with E-state index in [-0.39, 0.29) is 0 Å². The maximum atomic E-state index is 6.33. The first-order chi connectivity index (χ1) is 10.1. The van der Waals surface area contributed by atoms with Crippen LogP contribution in [0.25, 0.3) is 11.3 Å². The number of nitrogens with zero attached hydrogens (tertiary/aromatic N) is 3. The maximum Gasteiger partial charge on any atom is 0.212 e. The zero-order valence-corrected chi connectivity index (χ0v) is 13.3. The van der Waals surface area contributed by atoms with Gasteiger partial charge in [-0.25, -0.2) is 9.97 Å². The van der Waals surface area contributed by atoms with Crippen LogP contribution in [0.2, 0.25) is 0 Å². The second kappa shape index (κ2) is 6.61. The number of nitrogens with two attached hydrogens (primary N) is 1. The summed E-state index contributed by atoms with van der Waals surface area (Å²) in [6.45, 7) is 7.36. The highest BCUT2D eigenvalue weighted by atomic mass is 16.5. The third-order valence-corrected chi connectivity index (χ3v) is 3.51. The quantitative estimate of drug-likeness (QED) is 0.884. The molecule has 0 aliphatic rings. The fourth-order valence-corrected chi connectivity index (χ4v) is 2.33. The summed E-state index contributed by atoms with van der Waals surface area (Å²) in [6, 6.07) is 3.77. The average Bonchev–Trinajstić information content (AvgIpc) is 2.82. The van der Waals surface area contributed by atoms with Gasteiger partial charge in [0.05, 0.1) is 7.11 Å². The zero-order valence-electron chi connectivity index (χ0n) is 13.3. The fourth-order valence-electron chi connectivity index (χ4n) is 2.33. The number of pyridine rings is 1. The van der Waals surface area contributed by atoms with E-state index in [1.807, 2.05) is 12.1 Å². The minimum absolute atomic E-state index is 0.337. The Balaban J connectivity index is 2.43. The van der Waals surface area contributed by atoms with E-state index in [0.717, 1.165) is 42.3 Å². The lowest BCUT2D eigenvalue weighted by Crippen LogP contribution is -2.08. The van der Waals surface area contributed by atoms with Crippen molar-refractivity contribution in [3.05, 3.63) is 24.2 Å². The molecule has 0 fully saturated rings. The van der Waals surface area contributed by atoms with Crippen molar-refractivity contribution in [2.45, 2.75) is 46.1 Å². The smallest absolute Gasteiger partial charge is 0.212 e. The second-order valence-corrected chi connectivity index (χ2v) is 5.45. The summed E-state index contributed by atoms with van der Waals surface area (Å²) in [6.07, 6.45) is 3.99. The highest BCUT2D eigenvalue weighted by Crippen LogP contribution is 2.30. The minimum Gasteiger partial charge on any atom is -0.481 e. The molecule has 0 amide bonds. The molecule has 0 atom stereocenters. The number of aromatic nitrogens is 3. The normalized spacial score (nSPS) is 11.1. The van der Waals surface area contributed by atoms with Crippen LogP contribution < -0.4 is 10.5 Å². The molecule has 0 saturated heterocycles. The molecule has 0 unspecified atom stereocenters. The fraction of sp³-hybridized carbons (Fsp3) is 0.500. The van der Waals surface area contributed by atoms with Crippen molar-refractivity contribution in [3.8, 4) is 17.1 Å². The summed E-state index contributed by atoms with van der Waals surface area (Å²) < 4.78 is 7.22. The largest absolute Gasteiger partial charge is 0.481 e. The molecule has 5 nitrogen and oxygen atoms in total. The summed E-state index contributed by atoms with van der Waals surface area (Å²) in [7, 11) is 1.60. The van der Waals surface area contributed by atoms with Crippen molar-refractivity contribution in [3.63, 3.8) is 0 Å². The molecule has 0 aromatic carbocycles. The topological polar surface area (TPSA) is 66.0 Å². The molecule has 2 heterocycles. The SMILES string of the molecule is CCCCn1c(C(C)C)nc(-c2ccc(OC)nc2)c1N. The van der Waals surface area contributed by atoms with Gasteiger partial charge in [-0.1, -0.05) is 27.2 Å². The molecule has 2 aromatic rings. The third kappa shape index (κ3) is 3.17. The van der Waals surface area contributed by atoms with Crippen LogP contribution >= 0.6 is 0 Å². The van der Waals surface area contributed by atoms with E-state index in [9.17, 15) is 0 Å². The molecule has 0 radical (unpaired) electrons. The number of anilines is 1. The highest BCUT2D eigenvalue weighted by molar-refractivity contribution is 5.70. The van der Waals surface area contributed by atoms with Gasteiger partial charge in [-0.15, -0.1) is 0 Å². The van der Waals surface area contributed by atoms with Gasteiger partial charge in [0.25, 0.3) is 0 Å². The molecular formula is C16H24N4O. The Hall–Kier alpha value is -2.04. The Morgan fingerprint density at radius 2 is 2.10 bits per heavy atom. The van der Waals surface area contributed by atoms with Gasteiger partial charge < -0.3 is 15.0 Å². The molecule has 2 aromatic heterocycles. The predicted octanol–water partition coefficient (Wildman–Crippen LogP) is 3.46.